The number of fused-ring (bicyclic) bond motifs is 12. The predicted octanol–water partition coefficient (Wildman–Crippen LogP) is 15.5. The van der Waals surface area contributed by atoms with Gasteiger partial charge in [-0.1, -0.05) is 83.9 Å². The molecule has 7 heteroatoms. The summed E-state index contributed by atoms with van der Waals surface area (Å²) in [5.74, 6) is 0.602. The Labute approximate surface area is 353 Å². The van der Waals surface area contributed by atoms with Gasteiger partial charge in [0.05, 0.1) is 22.4 Å². The van der Waals surface area contributed by atoms with Gasteiger partial charge in [-0.3, -0.25) is 4.57 Å². The SMILES string of the molecule is Cc1cc(C)cc(-c2ccnc(-n3c4cc5sc6ccccc6c5cc4c4cccc(N(c5ccc6c(c5)oc5ccccc56)c5ccc6c(c5)oc5ccccc56)c43)n2)c1. The molecule has 13 rings (SSSR count). The summed E-state index contributed by atoms with van der Waals surface area (Å²) < 4.78 is 17.8. The number of thiophene rings is 1. The fourth-order valence-electron chi connectivity index (χ4n) is 9.53. The van der Waals surface area contributed by atoms with Crippen molar-refractivity contribution >= 4 is 114 Å². The van der Waals surface area contributed by atoms with Crippen LogP contribution >= 0.6 is 11.3 Å². The molecule has 0 unspecified atom stereocenters. The van der Waals surface area contributed by atoms with Gasteiger partial charge in [0.1, 0.15) is 22.3 Å². The highest BCUT2D eigenvalue weighted by molar-refractivity contribution is 7.25. The highest BCUT2D eigenvalue weighted by Gasteiger charge is 2.25. The first-order chi connectivity index (χ1) is 30.0. The number of aromatic nitrogens is 3. The van der Waals surface area contributed by atoms with Crippen molar-refractivity contribution in [3.63, 3.8) is 0 Å². The number of aryl methyl sites for hydroxylation is 2. The van der Waals surface area contributed by atoms with Crippen molar-refractivity contribution < 1.29 is 8.83 Å². The van der Waals surface area contributed by atoms with Gasteiger partial charge in [0, 0.05) is 87.8 Å². The molecule has 0 atom stereocenters. The second-order valence-corrected chi connectivity index (χ2v) is 17.1. The monoisotopic (exact) mass is 802 g/mol. The third-order valence-electron chi connectivity index (χ3n) is 12.1. The third kappa shape index (κ3) is 5.20. The van der Waals surface area contributed by atoms with Crippen LogP contribution in [-0.2, 0) is 0 Å². The van der Waals surface area contributed by atoms with Gasteiger partial charge in [0.15, 0.2) is 0 Å². The van der Waals surface area contributed by atoms with Gasteiger partial charge in [0.25, 0.3) is 0 Å². The number of para-hydroxylation sites is 3. The van der Waals surface area contributed by atoms with Crippen LogP contribution in [0.4, 0.5) is 17.1 Å². The quantitative estimate of drug-likeness (QED) is 0.173. The minimum absolute atomic E-state index is 0.602. The molecule has 0 radical (unpaired) electrons. The second kappa shape index (κ2) is 12.9. The first-order valence-corrected chi connectivity index (χ1v) is 21.3. The molecule has 0 amide bonds. The molecule has 288 valence electrons. The van der Waals surface area contributed by atoms with E-state index in [9.17, 15) is 0 Å². The Hall–Kier alpha value is -7.74. The van der Waals surface area contributed by atoms with Crippen LogP contribution in [0, 0.1) is 13.8 Å². The maximum Gasteiger partial charge on any atom is 0.235 e. The number of rotatable bonds is 5. The summed E-state index contributed by atoms with van der Waals surface area (Å²) in [6.45, 7) is 4.27. The summed E-state index contributed by atoms with van der Waals surface area (Å²) in [6, 6.07) is 58.1. The Kier molecular flexibility index (Phi) is 7.21. The number of anilines is 3. The van der Waals surface area contributed by atoms with Crippen LogP contribution < -0.4 is 4.90 Å². The minimum Gasteiger partial charge on any atom is -0.456 e. The number of nitrogens with zero attached hydrogens (tertiary/aromatic N) is 4. The Bertz CT molecular complexity index is 3810. The maximum absolute atomic E-state index is 6.53. The van der Waals surface area contributed by atoms with Gasteiger partial charge in [-0.2, -0.15) is 0 Å². The van der Waals surface area contributed by atoms with E-state index in [0.717, 1.165) is 94.0 Å². The van der Waals surface area contributed by atoms with Crippen molar-refractivity contribution in [3.05, 3.63) is 181 Å². The van der Waals surface area contributed by atoms with Gasteiger partial charge >= 0.3 is 0 Å². The molecule has 13 aromatic rings. The number of hydrogen-bond donors (Lipinski definition) is 0. The molecule has 0 aliphatic carbocycles. The van der Waals surface area contributed by atoms with Crippen molar-refractivity contribution in [1.82, 2.24) is 14.5 Å². The van der Waals surface area contributed by atoms with Gasteiger partial charge in [-0.25, -0.2) is 9.97 Å². The largest absolute Gasteiger partial charge is 0.456 e. The van der Waals surface area contributed by atoms with Crippen LogP contribution in [0.25, 0.3) is 103 Å². The number of furan rings is 2. The lowest BCUT2D eigenvalue weighted by Gasteiger charge is -2.27. The minimum atomic E-state index is 0.602. The number of hydrogen-bond acceptors (Lipinski definition) is 6. The third-order valence-corrected chi connectivity index (χ3v) is 13.2. The standard InChI is InChI=1S/C54H34N4O2S/c1-31-24-32(2)26-33(25-31)44-22-23-55-54(56-44)58-46-30-52-43(40-12-5-8-17-51(40)61-52)29-42(46)41-13-9-14-45(53(41)58)57(34-18-20-38-36-10-3-6-15-47(36)59-49(38)27-34)35-19-21-39-37-11-4-7-16-48(37)60-50(39)28-35/h3-30H,1-2H3. The molecule has 0 aliphatic heterocycles. The summed E-state index contributed by atoms with van der Waals surface area (Å²) in [7, 11) is 0. The summed E-state index contributed by atoms with van der Waals surface area (Å²) in [6.07, 6.45) is 1.89. The van der Waals surface area contributed by atoms with Crippen molar-refractivity contribution in [2.75, 3.05) is 4.90 Å². The van der Waals surface area contributed by atoms with E-state index in [1.54, 1.807) is 0 Å². The molecular formula is C54H34N4O2S. The fraction of sp³-hybridized carbons (Fsp3) is 0.0370. The van der Waals surface area contributed by atoms with Crippen LogP contribution in [-0.4, -0.2) is 14.5 Å². The van der Waals surface area contributed by atoms with E-state index in [-0.39, 0.29) is 0 Å². The van der Waals surface area contributed by atoms with Crippen LogP contribution in [0.2, 0.25) is 0 Å². The maximum atomic E-state index is 6.53. The molecule has 5 aromatic heterocycles. The van der Waals surface area contributed by atoms with E-state index < -0.39 is 0 Å². The summed E-state index contributed by atoms with van der Waals surface area (Å²) in [4.78, 5) is 12.8. The van der Waals surface area contributed by atoms with Crippen molar-refractivity contribution in [2.45, 2.75) is 13.8 Å². The molecule has 0 N–H and O–H groups in total. The van der Waals surface area contributed by atoms with Crippen LogP contribution in [0.3, 0.4) is 0 Å². The zero-order chi connectivity index (χ0) is 40.3. The van der Waals surface area contributed by atoms with Crippen molar-refractivity contribution in [3.8, 4) is 17.2 Å². The lowest BCUT2D eigenvalue weighted by Crippen LogP contribution is -2.12. The number of benzene rings is 8. The molecular weight excluding hydrogens is 769 g/mol. The molecule has 6 nitrogen and oxygen atoms in total. The molecule has 0 aliphatic rings. The van der Waals surface area contributed by atoms with E-state index in [2.05, 4.69) is 157 Å². The Morgan fingerprint density at radius 2 is 1.11 bits per heavy atom. The van der Waals surface area contributed by atoms with Gasteiger partial charge < -0.3 is 13.7 Å². The normalized spacial score (nSPS) is 12.1. The van der Waals surface area contributed by atoms with Gasteiger partial charge in [-0.05, 0) is 92.7 Å². The fourth-order valence-corrected chi connectivity index (χ4v) is 10.6. The van der Waals surface area contributed by atoms with E-state index in [0.29, 0.717) is 5.95 Å². The summed E-state index contributed by atoms with van der Waals surface area (Å²) in [5, 5.41) is 9.06. The van der Waals surface area contributed by atoms with Crippen molar-refractivity contribution in [2.24, 2.45) is 0 Å². The van der Waals surface area contributed by atoms with E-state index in [4.69, 9.17) is 18.8 Å². The lowest BCUT2D eigenvalue weighted by atomic mass is 10.1. The van der Waals surface area contributed by atoms with E-state index >= 15 is 0 Å². The Morgan fingerprint density at radius 3 is 1.82 bits per heavy atom. The van der Waals surface area contributed by atoms with Crippen LogP contribution in [0.5, 0.6) is 0 Å². The van der Waals surface area contributed by atoms with Crippen molar-refractivity contribution in [1.29, 1.82) is 0 Å². The molecule has 0 bridgehead atoms. The second-order valence-electron chi connectivity index (χ2n) is 16.0. The van der Waals surface area contributed by atoms with E-state index in [1.165, 1.54) is 31.3 Å². The smallest absolute Gasteiger partial charge is 0.235 e. The molecule has 0 saturated heterocycles. The molecule has 8 aromatic carbocycles. The topological polar surface area (TPSA) is 60.2 Å². The average molecular weight is 803 g/mol. The van der Waals surface area contributed by atoms with Crippen LogP contribution in [0.1, 0.15) is 11.1 Å². The van der Waals surface area contributed by atoms with E-state index in [1.807, 2.05) is 47.9 Å². The average Bonchev–Trinajstić information content (AvgIpc) is 4.04. The van der Waals surface area contributed by atoms with Gasteiger partial charge in [0.2, 0.25) is 5.95 Å². The van der Waals surface area contributed by atoms with Crippen LogP contribution in [0.15, 0.2) is 179 Å². The zero-order valence-electron chi connectivity index (χ0n) is 33.2. The van der Waals surface area contributed by atoms with Gasteiger partial charge in [-0.15, -0.1) is 11.3 Å². The summed E-state index contributed by atoms with van der Waals surface area (Å²) in [5.41, 5.74) is 12.6. The first kappa shape index (κ1) is 34.2. The Balaban J connectivity index is 1.13. The molecule has 0 fully saturated rings. The first-order valence-electron chi connectivity index (χ1n) is 20.5. The molecule has 0 spiro atoms. The molecule has 0 saturated carbocycles. The highest BCUT2D eigenvalue weighted by Crippen LogP contribution is 2.47. The molecule has 5 heterocycles. The molecule has 61 heavy (non-hydrogen) atoms. The lowest BCUT2D eigenvalue weighted by molar-refractivity contribution is 0.669. The highest BCUT2D eigenvalue weighted by atomic mass is 32.1. The zero-order valence-corrected chi connectivity index (χ0v) is 34.0. The predicted molar refractivity (Wildman–Crippen MR) is 253 cm³/mol. The Morgan fingerprint density at radius 1 is 0.492 bits per heavy atom. The summed E-state index contributed by atoms with van der Waals surface area (Å²) >= 11 is 1.82.